The fourth-order valence-electron chi connectivity index (χ4n) is 4.09. The summed E-state index contributed by atoms with van der Waals surface area (Å²) in [5, 5.41) is 8.96. The highest BCUT2D eigenvalue weighted by atomic mass is 16.6. The van der Waals surface area contributed by atoms with Crippen LogP contribution in [0.2, 0.25) is 0 Å². The molecule has 0 radical (unpaired) electrons. The molecule has 1 fully saturated rings. The number of hydrogen-bond donors (Lipinski definition) is 0. The van der Waals surface area contributed by atoms with Gasteiger partial charge in [-0.25, -0.2) is 4.79 Å². The largest absolute Gasteiger partial charge is 0.488 e. The third kappa shape index (κ3) is 4.40. The van der Waals surface area contributed by atoms with Crippen LogP contribution in [0.5, 0.6) is 5.75 Å². The molecule has 2 aromatic rings. The summed E-state index contributed by atoms with van der Waals surface area (Å²) >= 11 is 0. The first-order valence-electron chi connectivity index (χ1n) is 10.5. The number of likely N-dealkylation sites (tertiary alicyclic amines) is 1. The van der Waals surface area contributed by atoms with Crippen molar-refractivity contribution in [3.8, 4) is 23.1 Å². The molecule has 6 nitrogen and oxygen atoms in total. The predicted octanol–water partition coefficient (Wildman–Crippen LogP) is 4.57. The molecule has 1 aromatic carbocycles. The number of rotatable bonds is 2. The number of hydrogen-bond acceptors (Lipinski definition) is 5. The molecule has 2 aliphatic rings. The second kappa shape index (κ2) is 7.98. The Labute approximate surface area is 177 Å². The van der Waals surface area contributed by atoms with Gasteiger partial charge in [-0.3, -0.25) is 4.98 Å². The number of nitriles is 1. The predicted molar refractivity (Wildman–Crippen MR) is 113 cm³/mol. The van der Waals surface area contributed by atoms with E-state index < -0.39 is 5.60 Å². The summed E-state index contributed by atoms with van der Waals surface area (Å²) in [6, 6.07) is 11.7. The smallest absolute Gasteiger partial charge is 0.410 e. The van der Waals surface area contributed by atoms with Crippen LogP contribution in [0.3, 0.4) is 0 Å². The summed E-state index contributed by atoms with van der Waals surface area (Å²) in [7, 11) is 0. The van der Waals surface area contributed by atoms with Gasteiger partial charge in [0.1, 0.15) is 17.5 Å². The number of carbonyl (C=O) groups excluding carboxylic acids is 1. The second-order valence-corrected chi connectivity index (χ2v) is 9.03. The van der Waals surface area contributed by atoms with E-state index in [4.69, 9.17) is 14.7 Å². The number of benzene rings is 1. The van der Waals surface area contributed by atoms with Crippen molar-refractivity contribution in [2.24, 2.45) is 5.92 Å². The Morgan fingerprint density at radius 3 is 2.57 bits per heavy atom. The minimum absolute atomic E-state index is 0.124. The van der Waals surface area contributed by atoms with Crippen LogP contribution in [-0.2, 0) is 11.2 Å². The molecule has 0 spiro atoms. The van der Waals surface area contributed by atoms with Gasteiger partial charge in [-0.05, 0) is 57.7 Å². The molecule has 0 aliphatic carbocycles. The van der Waals surface area contributed by atoms with E-state index in [9.17, 15) is 4.79 Å². The normalized spacial score (nSPS) is 19.0. The first kappa shape index (κ1) is 20.2. The van der Waals surface area contributed by atoms with Gasteiger partial charge in [0, 0.05) is 30.6 Å². The molecule has 4 rings (SSSR count). The number of piperidine rings is 1. The Morgan fingerprint density at radius 2 is 1.93 bits per heavy atom. The van der Waals surface area contributed by atoms with Crippen molar-refractivity contribution in [2.45, 2.75) is 51.7 Å². The van der Waals surface area contributed by atoms with Crippen LogP contribution in [0.4, 0.5) is 4.79 Å². The highest BCUT2D eigenvalue weighted by molar-refractivity contribution is 5.68. The number of carbonyl (C=O) groups is 1. The van der Waals surface area contributed by atoms with Crippen LogP contribution >= 0.6 is 0 Å². The summed E-state index contributed by atoms with van der Waals surface area (Å²) in [6.07, 6.45) is 4.38. The molecular formula is C24H27N3O3. The van der Waals surface area contributed by atoms with Crippen molar-refractivity contribution in [2.75, 3.05) is 13.1 Å². The van der Waals surface area contributed by atoms with Crippen LogP contribution in [0, 0.1) is 17.2 Å². The minimum Gasteiger partial charge on any atom is -0.488 e. The van der Waals surface area contributed by atoms with Crippen molar-refractivity contribution < 1.29 is 14.3 Å². The fourth-order valence-corrected chi connectivity index (χ4v) is 4.09. The molecular weight excluding hydrogens is 378 g/mol. The van der Waals surface area contributed by atoms with Gasteiger partial charge in [0.15, 0.2) is 0 Å². The Hall–Kier alpha value is -3.07. The van der Waals surface area contributed by atoms with E-state index in [1.807, 2.05) is 45.0 Å². The molecule has 2 aliphatic heterocycles. The zero-order chi connectivity index (χ0) is 21.3. The fraction of sp³-hybridized carbons (Fsp3) is 0.458. The van der Waals surface area contributed by atoms with E-state index in [2.05, 4.69) is 17.1 Å². The number of pyridine rings is 1. The van der Waals surface area contributed by atoms with Crippen LogP contribution in [0.1, 0.15) is 44.7 Å². The van der Waals surface area contributed by atoms with Gasteiger partial charge in [0.2, 0.25) is 0 Å². The molecule has 0 bridgehead atoms. The average molecular weight is 405 g/mol. The lowest BCUT2D eigenvalue weighted by Crippen LogP contribution is -2.44. The Kier molecular flexibility index (Phi) is 5.38. The van der Waals surface area contributed by atoms with Crippen molar-refractivity contribution in [3.63, 3.8) is 0 Å². The molecule has 1 aromatic heterocycles. The standard InChI is InChI=1S/C24H27N3O3/c1-24(2,3)30-23(28)27-10-8-18(9-11-27)21-13-19-12-20(26-15-22(19)29-21)17-6-4-16(14-25)5-7-17/h4-7,12,15,18,21H,8-11,13H2,1-3H3. The van der Waals surface area contributed by atoms with Gasteiger partial charge in [-0.15, -0.1) is 0 Å². The van der Waals surface area contributed by atoms with E-state index >= 15 is 0 Å². The maximum atomic E-state index is 12.3. The first-order chi connectivity index (χ1) is 14.3. The monoisotopic (exact) mass is 405 g/mol. The van der Waals surface area contributed by atoms with E-state index in [0.29, 0.717) is 24.6 Å². The number of ether oxygens (including phenoxy) is 2. The van der Waals surface area contributed by atoms with Crippen LogP contribution in [-0.4, -0.2) is 40.8 Å². The van der Waals surface area contributed by atoms with Gasteiger partial charge in [0.25, 0.3) is 0 Å². The third-order valence-corrected chi connectivity index (χ3v) is 5.67. The number of fused-ring (bicyclic) bond motifs is 1. The van der Waals surface area contributed by atoms with Gasteiger partial charge in [0.05, 0.1) is 23.5 Å². The molecule has 6 heteroatoms. The Morgan fingerprint density at radius 1 is 1.23 bits per heavy atom. The topological polar surface area (TPSA) is 75.5 Å². The van der Waals surface area contributed by atoms with Crippen LogP contribution in [0.25, 0.3) is 11.3 Å². The first-order valence-corrected chi connectivity index (χ1v) is 10.5. The van der Waals surface area contributed by atoms with Gasteiger partial charge < -0.3 is 14.4 Å². The van der Waals surface area contributed by atoms with Crippen molar-refractivity contribution in [1.82, 2.24) is 9.88 Å². The van der Waals surface area contributed by atoms with Gasteiger partial charge >= 0.3 is 6.09 Å². The zero-order valence-corrected chi connectivity index (χ0v) is 17.7. The summed E-state index contributed by atoms with van der Waals surface area (Å²) in [5.74, 6) is 1.27. The van der Waals surface area contributed by atoms with Gasteiger partial charge in [-0.2, -0.15) is 5.26 Å². The summed E-state index contributed by atoms with van der Waals surface area (Å²) in [4.78, 5) is 18.6. The summed E-state index contributed by atoms with van der Waals surface area (Å²) in [6.45, 7) is 7.07. The summed E-state index contributed by atoms with van der Waals surface area (Å²) < 4.78 is 11.7. The molecule has 0 N–H and O–H groups in total. The van der Waals surface area contributed by atoms with Crippen molar-refractivity contribution in [3.05, 3.63) is 47.7 Å². The Balaban J connectivity index is 1.37. The number of aromatic nitrogens is 1. The zero-order valence-electron chi connectivity index (χ0n) is 17.7. The lowest BCUT2D eigenvalue weighted by molar-refractivity contribution is 0.0123. The molecule has 0 saturated carbocycles. The Bertz CT molecular complexity index is 965. The van der Waals surface area contributed by atoms with E-state index in [1.54, 1.807) is 11.1 Å². The highest BCUT2D eigenvalue weighted by Gasteiger charge is 2.35. The minimum atomic E-state index is -0.468. The summed E-state index contributed by atoms with van der Waals surface area (Å²) in [5.41, 5.74) is 3.22. The maximum Gasteiger partial charge on any atom is 0.410 e. The number of amides is 1. The van der Waals surface area contributed by atoms with Crippen molar-refractivity contribution >= 4 is 6.09 Å². The average Bonchev–Trinajstić information content (AvgIpc) is 3.16. The molecule has 1 amide bonds. The lowest BCUT2D eigenvalue weighted by atomic mass is 9.89. The van der Waals surface area contributed by atoms with E-state index in [-0.39, 0.29) is 12.2 Å². The molecule has 3 heterocycles. The molecule has 1 atom stereocenters. The maximum absolute atomic E-state index is 12.3. The van der Waals surface area contributed by atoms with E-state index in [0.717, 1.165) is 36.3 Å². The number of nitrogens with zero attached hydrogens (tertiary/aromatic N) is 3. The van der Waals surface area contributed by atoms with Crippen LogP contribution < -0.4 is 4.74 Å². The lowest BCUT2D eigenvalue weighted by Gasteiger charge is -2.35. The third-order valence-electron chi connectivity index (χ3n) is 5.67. The molecule has 156 valence electrons. The SMILES string of the molecule is CC(C)(C)OC(=O)N1CCC(C2Cc3cc(-c4ccc(C#N)cc4)ncc3O2)CC1. The second-order valence-electron chi connectivity index (χ2n) is 9.03. The van der Waals surface area contributed by atoms with Crippen LogP contribution in [0.15, 0.2) is 36.5 Å². The van der Waals surface area contributed by atoms with Gasteiger partial charge in [-0.1, -0.05) is 12.1 Å². The quantitative estimate of drug-likeness (QED) is 0.731. The van der Waals surface area contributed by atoms with E-state index in [1.165, 1.54) is 5.56 Å². The highest BCUT2D eigenvalue weighted by Crippen LogP contribution is 2.36. The molecule has 1 saturated heterocycles. The van der Waals surface area contributed by atoms with Crippen molar-refractivity contribution in [1.29, 1.82) is 5.26 Å². The molecule has 30 heavy (non-hydrogen) atoms. The molecule has 1 unspecified atom stereocenters.